The van der Waals surface area contributed by atoms with Crippen molar-refractivity contribution in [3.63, 3.8) is 0 Å². The van der Waals surface area contributed by atoms with Gasteiger partial charge < -0.3 is 18.9 Å². The smallest absolute Gasteiger partial charge is 0.308 e. The van der Waals surface area contributed by atoms with Gasteiger partial charge in [0, 0.05) is 39.9 Å². The van der Waals surface area contributed by atoms with Crippen LogP contribution in [-0.2, 0) is 15.6 Å². The maximum absolute atomic E-state index is 12.1. The third-order valence-electron chi connectivity index (χ3n) is 6.33. The van der Waals surface area contributed by atoms with Crippen molar-refractivity contribution in [3.8, 4) is 23.0 Å². The number of carbonyl (C=O) groups is 1. The molecule has 0 saturated heterocycles. The Balaban J connectivity index is 2.06. The second-order valence-electron chi connectivity index (χ2n) is 10.9. The van der Waals surface area contributed by atoms with Gasteiger partial charge in [0.15, 0.2) is 11.5 Å². The summed E-state index contributed by atoms with van der Waals surface area (Å²) in [6.07, 6.45) is -0.326. The van der Waals surface area contributed by atoms with Crippen molar-refractivity contribution in [1.82, 2.24) is 0 Å². The Morgan fingerprint density at radius 1 is 0.853 bits per heavy atom. The summed E-state index contributed by atoms with van der Waals surface area (Å²) in [6, 6.07) is 12.2. The van der Waals surface area contributed by atoms with Gasteiger partial charge in [-0.2, -0.15) is 0 Å². The fraction of sp³-hybridized carbons (Fsp3) is 0.414. The summed E-state index contributed by atoms with van der Waals surface area (Å²) in [4.78, 5) is 12.1. The highest BCUT2D eigenvalue weighted by Gasteiger charge is 2.36. The van der Waals surface area contributed by atoms with Crippen molar-refractivity contribution in [2.45, 2.75) is 65.4 Å². The molecule has 1 heterocycles. The number of ether oxygens (including phenoxy) is 4. The summed E-state index contributed by atoms with van der Waals surface area (Å²) in [5, 5.41) is 1.89. The van der Waals surface area contributed by atoms with Crippen LogP contribution in [0.2, 0.25) is 0 Å². The van der Waals surface area contributed by atoms with E-state index in [1.807, 2.05) is 18.2 Å². The van der Waals surface area contributed by atoms with E-state index in [2.05, 4.69) is 59.7 Å². The fourth-order valence-corrected chi connectivity index (χ4v) is 4.67. The van der Waals surface area contributed by atoms with Crippen molar-refractivity contribution in [2.24, 2.45) is 0 Å². The van der Waals surface area contributed by atoms with Gasteiger partial charge in [-0.05, 0) is 29.0 Å². The van der Waals surface area contributed by atoms with E-state index in [-0.39, 0.29) is 22.9 Å². The van der Waals surface area contributed by atoms with E-state index >= 15 is 0 Å². The van der Waals surface area contributed by atoms with E-state index in [1.54, 1.807) is 14.2 Å². The molecule has 5 heteroatoms. The lowest BCUT2D eigenvalue weighted by atomic mass is 9.80. The van der Waals surface area contributed by atoms with Gasteiger partial charge in [-0.1, -0.05) is 59.7 Å². The minimum atomic E-state index is -0.336. The standard InChI is InChI=1S/C29H34O5/c1-16(30)33-26-18-11-12-20(28(2,3)4)27-24(18)19(15-21(26)29(5,6)7)25(34-27)17-10-13-22(31-8)23(14-17)32-9/h10-15,25H,1-9H3. The number of hydrogen-bond acceptors (Lipinski definition) is 5. The summed E-state index contributed by atoms with van der Waals surface area (Å²) < 4.78 is 23.6. The second kappa shape index (κ2) is 8.23. The molecular weight excluding hydrogens is 428 g/mol. The zero-order chi connectivity index (χ0) is 25.0. The molecule has 3 aromatic carbocycles. The van der Waals surface area contributed by atoms with E-state index in [4.69, 9.17) is 18.9 Å². The van der Waals surface area contributed by atoms with Gasteiger partial charge in [-0.25, -0.2) is 0 Å². The Hall–Kier alpha value is -3.21. The van der Waals surface area contributed by atoms with E-state index < -0.39 is 0 Å². The lowest BCUT2D eigenvalue weighted by molar-refractivity contribution is -0.131. The van der Waals surface area contributed by atoms with Crippen LogP contribution in [0.1, 0.15) is 76.8 Å². The van der Waals surface area contributed by atoms with Gasteiger partial charge in [0.05, 0.1) is 14.2 Å². The van der Waals surface area contributed by atoms with Gasteiger partial charge in [0.2, 0.25) is 0 Å². The molecular formula is C29H34O5. The van der Waals surface area contributed by atoms with Crippen molar-refractivity contribution < 1.29 is 23.7 Å². The van der Waals surface area contributed by atoms with Crippen LogP contribution in [0.25, 0.3) is 10.8 Å². The van der Waals surface area contributed by atoms with Gasteiger partial charge in [-0.3, -0.25) is 4.79 Å². The molecule has 0 aromatic heterocycles. The van der Waals surface area contributed by atoms with E-state index in [9.17, 15) is 4.79 Å². The minimum Gasteiger partial charge on any atom is -0.493 e. The lowest BCUT2D eigenvalue weighted by Gasteiger charge is -2.25. The predicted molar refractivity (Wildman–Crippen MR) is 135 cm³/mol. The highest BCUT2D eigenvalue weighted by atomic mass is 16.5. The van der Waals surface area contributed by atoms with Gasteiger partial charge in [0.25, 0.3) is 0 Å². The van der Waals surface area contributed by atoms with Crippen molar-refractivity contribution >= 4 is 16.7 Å². The Bertz CT molecular complexity index is 1270. The van der Waals surface area contributed by atoms with E-state index in [1.165, 1.54) is 6.92 Å². The topological polar surface area (TPSA) is 54.0 Å². The first-order chi connectivity index (χ1) is 15.9. The summed E-state index contributed by atoms with van der Waals surface area (Å²) in [6.45, 7) is 14.3. The average molecular weight is 463 g/mol. The first-order valence-electron chi connectivity index (χ1n) is 11.6. The van der Waals surface area contributed by atoms with Gasteiger partial charge >= 0.3 is 5.97 Å². The summed E-state index contributed by atoms with van der Waals surface area (Å²) >= 11 is 0. The Morgan fingerprint density at radius 2 is 1.50 bits per heavy atom. The molecule has 5 nitrogen and oxygen atoms in total. The van der Waals surface area contributed by atoms with E-state index in [0.29, 0.717) is 17.2 Å². The Kier molecular flexibility index (Phi) is 5.79. The van der Waals surface area contributed by atoms with Crippen molar-refractivity contribution in [2.75, 3.05) is 14.2 Å². The second-order valence-corrected chi connectivity index (χ2v) is 10.9. The molecule has 0 spiro atoms. The first-order valence-corrected chi connectivity index (χ1v) is 11.6. The third-order valence-corrected chi connectivity index (χ3v) is 6.33. The van der Waals surface area contributed by atoms with Crippen LogP contribution in [0.3, 0.4) is 0 Å². The van der Waals surface area contributed by atoms with Crippen LogP contribution in [0.4, 0.5) is 0 Å². The molecule has 1 aliphatic rings. The zero-order valence-corrected chi connectivity index (χ0v) is 21.6. The van der Waals surface area contributed by atoms with Gasteiger partial charge in [-0.15, -0.1) is 0 Å². The highest BCUT2D eigenvalue weighted by Crippen LogP contribution is 2.53. The first kappa shape index (κ1) is 23.9. The number of hydrogen-bond donors (Lipinski definition) is 0. The largest absolute Gasteiger partial charge is 0.493 e. The van der Waals surface area contributed by atoms with Crippen LogP contribution in [0.5, 0.6) is 23.0 Å². The summed E-state index contributed by atoms with van der Waals surface area (Å²) in [7, 11) is 3.26. The molecule has 3 aromatic rings. The van der Waals surface area contributed by atoms with Crippen molar-refractivity contribution in [1.29, 1.82) is 0 Å². The maximum atomic E-state index is 12.1. The van der Waals surface area contributed by atoms with Crippen molar-refractivity contribution in [3.05, 3.63) is 58.7 Å². The Labute approximate surface area is 202 Å². The third kappa shape index (κ3) is 3.97. The molecule has 0 N–H and O–H groups in total. The summed E-state index contributed by atoms with van der Waals surface area (Å²) in [5.41, 5.74) is 3.73. The predicted octanol–water partition coefficient (Wildman–Crippen LogP) is 6.86. The number of esters is 1. The molecule has 0 saturated carbocycles. The molecule has 34 heavy (non-hydrogen) atoms. The lowest BCUT2D eigenvalue weighted by Crippen LogP contribution is -2.16. The van der Waals surface area contributed by atoms with Crippen LogP contribution < -0.4 is 18.9 Å². The molecule has 4 rings (SSSR count). The van der Waals surface area contributed by atoms with Crippen LogP contribution in [0, 0.1) is 0 Å². The molecule has 1 unspecified atom stereocenters. The normalized spacial score (nSPS) is 15.3. The quantitative estimate of drug-likeness (QED) is 0.313. The van der Waals surface area contributed by atoms with Crippen LogP contribution in [0.15, 0.2) is 36.4 Å². The number of methoxy groups -OCH3 is 2. The number of rotatable bonds is 4. The number of benzene rings is 3. The molecule has 0 fully saturated rings. The molecule has 1 aliphatic heterocycles. The summed E-state index contributed by atoms with van der Waals surface area (Å²) in [5.74, 6) is 2.44. The Morgan fingerprint density at radius 3 is 2.06 bits per heavy atom. The van der Waals surface area contributed by atoms with Crippen LogP contribution >= 0.6 is 0 Å². The van der Waals surface area contributed by atoms with Gasteiger partial charge in [0.1, 0.15) is 17.6 Å². The van der Waals surface area contributed by atoms with E-state index in [0.717, 1.165) is 38.8 Å². The zero-order valence-electron chi connectivity index (χ0n) is 21.6. The monoisotopic (exact) mass is 462 g/mol. The fourth-order valence-electron chi connectivity index (χ4n) is 4.67. The van der Waals surface area contributed by atoms with Crippen LogP contribution in [-0.4, -0.2) is 20.2 Å². The molecule has 0 radical (unpaired) electrons. The minimum absolute atomic E-state index is 0.127. The molecule has 180 valence electrons. The molecule has 0 amide bonds. The maximum Gasteiger partial charge on any atom is 0.308 e. The SMILES string of the molecule is COc1ccc(C2Oc3c(C(C)(C)C)ccc4c(OC(C)=O)c(C(C)(C)C)cc2c34)cc1OC. The number of carbonyl (C=O) groups excluding carboxylic acids is 1. The molecule has 0 bridgehead atoms. The molecule has 1 atom stereocenters. The highest BCUT2D eigenvalue weighted by molar-refractivity contribution is 6.01. The molecule has 0 aliphatic carbocycles. The average Bonchev–Trinajstić information content (AvgIpc) is 3.13.